The first-order valence-corrected chi connectivity index (χ1v) is 11.8. The second kappa shape index (κ2) is 7.95. The Bertz CT molecular complexity index is 1190. The molecule has 2 aromatic carbocycles. The molecular formula is C20H16N2O5S3. The first-order chi connectivity index (χ1) is 14.3. The van der Waals surface area contributed by atoms with E-state index in [2.05, 4.69) is 0 Å². The van der Waals surface area contributed by atoms with Crippen molar-refractivity contribution in [2.24, 2.45) is 0 Å². The molecule has 30 heavy (non-hydrogen) atoms. The van der Waals surface area contributed by atoms with Crippen molar-refractivity contribution in [2.75, 3.05) is 17.2 Å². The number of hydrogen-bond acceptors (Lipinski definition) is 6. The molecule has 2 amide bonds. The predicted octanol–water partition coefficient (Wildman–Crippen LogP) is 2.69. The lowest BCUT2D eigenvalue weighted by Crippen LogP contribution is -2.33. The number of amides is 2. The summed E-state index contributed by atoms with van der Waals surface area (Å²) in [6, 6.07) is 16.7. The molecule has 154 valence electrons. The van der Waals surface area contributed by atoms with Crippen LogP contribution in [0.1, 0.15) is 11.1 Å². The van der Waals surface area contributed by atoms with Gasteiger partial charge in [-0.2, -0.15) is 8.42 Å². The van der Waals surface area contributed by atoms with Crippen LogP contribution in [0.4, 0.5) is 5.69 Å². The Kier molecular flexibility index (Phi) is 5.49. The normalized spacial score (nSPS) is 19.0. The number of carbonyl (C=O) groups is 2. The lowest BCUT2D eigenvalue weighted by atomic mass is 10.1. The lowest BCUT2D eigenvalue weighted by Gasteiger charge is -2.17. The molecule has 1 N–H and O–H groups in total. The molecule has 0 saturated carbocycles. The fourth-order valence-electron chi connectivity index (χ4n) is 3.37. The van der Waals surface area contributed by atoms with Gasteiger partial charge in [0.05, 0.1) is 28.5 Å². The summed E-state index contributed by atoms with van der Waals surface area (Å²) < 4.78 is 31.3. The lowest BCUT2D eigenvalue weighted by molar-refractivity contribution is -0.122. The highest BCUT2D eigenvalue weighted by Gasteiger charge is 2.42. The van der Waals surface area contributed by atoms with Crippen molar-refractivity contribution in [3.8, 4) is 0 Å². The third kappa shape index (κ3) is 3.91. The summed E-state index contributed by atoms with van der Waals surface area (Å²) in [5.74, 6) is -1.48. The van der Waals surface area contributed by atoms with Gasteiger partial charge >= 0.3 is 0 Å². The Morgan fingerprint density at radius 2 is 1.60 bits per heavy atom. The summed E-state index contributed by atoms with van der Waals surface area (Å²) in [4.78, 5) is 29.2. The van der Waals surface area contributed by atoms with Gasteiger partial charge in [0, 0.05) is 12.1 Å². The van der Waals surface area contributed by atoms with E-state index in [4.69, 9.17) is 16.8 Å². The first-order valence-electron chi connectivity index (χ1n) is 8.94. The molecule has 1 fully saturated rings. The van der Waals surface area contributed by atoms with E-state index in [-0.39, 0.29) is 27.3 Å². The Hall–Kier alpha value is -2.53. The zero-order valence-electron chi connectivity index (χ0n) is 15.5. The van der Waals surface area contributed by atoms with Gasteiger partial charge < -0.3 is 4.90 Å². The molecule has 0 unspecified atom stereocenters. The Morgan fingerprint density at radius 3 is 2.30 bits per heavy atom. The van der Waals surface area contributed by atoms with E-state index in [0.717, 1.165) is 22.2 Å². The third-order valence-corrected chi connectivity index (χ3v) is 6.90. The van der Waals surface area contributed by atoms with Crippen LogP contribution in [0.5, 0.6) is 0 Å². The molecule has 0 aliphatic carbocycles. The van der Waals surface area contributed by atoms with Crippen molar-refractivity contribution in [1.82, 2.24) is 4.90 Å². The molecule has 0 spiro atoms. The number of rotatable bonds is 5. The summed E-state index contributed by atoms with van der Waals surface area (Å²) in [6.45, 7) is 0.0765. The fourth-order valence-corrected chi connectivity index (χ4v) is 5.16. The number of fused-ring (bicyclic) bond motifs is 1. The van der Waals surface area contributed by atoms with Crippen LogP contribution in [0.25, 0.3) is 5.57 Å². The smallest absolute Gasteiger partial charge is 0.267 e. The molecule has 1 saturated heterocycles. The van der Waals surface area contributed by atoms with Crippen LogP contribution >= 0.6 is 24.0 Å². The Balaban J connectivity index is 1.72. The maximum atomic E-state index is 13.3. The van der Waals surface area contributed by atoms with Crippen LogP contribution in [0.2, 0.25) is 0 Å². The number of hydrogen-bond donors (Lipinski definition) is 1. The summed E-state index contributed by atoms with van der Waals surface area (Å²) in [6.07, 6.45) is 0. The van der Waals surface area contributed by atoms with E-state index >= 15 is 0 Å². The van der Waals surface area contributed by atoms with Gasteiger partial charge in [0.15, 0.2) is 0 Å². The van der Waals surface area contributed by atoms with Gasteiger partial charge in [-0.15, -0.1) is 0 Å². The molecule has 2 aliphatic rings. The van der Waals surface area contributed by atoms with Crippen molar-refractivity contribution in [3.63, 3.8) is 0 Å². The number of nitrogens with zero attached hydrogens (tertiary/aromatic N) is 2. The van der Waals surface area contributed by atoms with Gasteiger partial charge in [0.25, 0.3) is 21.9 Å². The van der Waals surface area contributed by atoms with Crippen molar-refractivity contribution in [1.29, 1.82) is 0 Å². The van der Waals surface area contributed by atoms with E-state index in [1.165, 1.54) is 0 Å². The maximum Gasteiger partial charge on any atom is 0.267 e. The number of carbonyl (C=O) groups excluding carboxylic acids is 2. The molecule has 0 radical (unpaired) electrons. The van der Waals surface area contributed by atoms with Gasteiger partial charge in [0.1, 0.15) is 4.32 Å². The molecule has 0 atom stereocenters. The van der Waals surface area contributed by atoms with Crippen molar-refractivity contribution in [3.05, 3.63) is 70.6 Å². The van der Waals surface area contributed by atoms with Crippen LogP contribution in [0.3, 0.4) is 0 Å². The van der Waals surface area contributed by atoms with E-state index in [1.54, 1.807) is 17.0 Å². The van der Waals surface area contributed by atoms with Crippen molar-refractivity contribution < 1.29 is 22.6 Å². The van der Waals surface area contributed by atoms with Crippen LogP contribution in [-0.4, -0.2) is 46.3 Å². The van der Waals surface area contributed by atoms with E-state index in [0.29, 0.717) is 17.8 Å². The topological polar surface area (TPSA) is 95.0 Å². The zero-order chi connectivity index (χ0) is 21.5. The maximum absolute atomic E-state index is 13.3. The monoisotopic (exact) mass is 460 g/mol. The summed E-state index contributed by atoms with van der Waals surface area (Å²) in [7, 11) is -4.25. The number of para-hydroxylation sites is 1. The molecule has 10 heteroatoms. The molecule has 4 rings (SSSR count). The number of thioether (sulfide) groups is 1. The van der Waals surface area contributed by atoms with Crippen LogP contribution in [-0.2, 0) is 26.3 Å². The highest BCUT2D eigenvalue weighted by molar-refractivity contribution is 8.26. The predicted molar refractivity (Wildman–Crippen MR) is 119 cm³/mol. The standard InChI is InChI=1S/C20H16N2O5S3/c23-18-16(17-19(24)21(20(28)29-17)10-11-30(25,26)27)14-8-4-5-9-15(14)22(18)12-13-6-2-1-3-7-13/h1-9H,10-12H2,(H,25,26,27)/b17-16+. The van der Waals surface area contributed by atoms with E-state index in [1.807, 2.05) is 42.5 Å². The van der Waals surface area contributed by atoms with Crippen molar-refractivity contribution in [2.45, 2.75) is 6.54 Å². The second-order valence-electron chi connectivity index (χ2n) is 6.71. The van der Waals surface area contributed by atoms with Crippen LogP contribution < -0.4 is 4.90 Å². The molecule has 2 aromatic rings. The highest BCUT2D eigenvalue weighted by Crippen LogP contribution is 2.44. The first kappa shape index (κ1) is 20.7. The average molecular weight is 461 g/mol. The van der Waals surface area contributed by atoms with Gasteiger partial charge in [-0.25, -0.2) is 0 Å². The fraction of sp³-hybridized carbons (Fsp3) is 0.150. The molecule has 0 bridgehead atoms. The van der Waals surface area contributed by atoms with E-state index in [9.17, 15) is 18.0 Å². The third-order valence-electron chi connectivity index (χ3n) is 4.76. The quantitative estimate of drug-likeness (QED) is 0.416. The Labute approximate surface area is 183 Å². The minimum absolute atomic E-state index is 0.151. The Morgan fingerprint density at radius 1 is 0.933 bits per heavy atom. The number of thiocarbonyl (C=S) groups is 1. The average Bonchev–Trinajstić information content (AvgIpc) is 3.13. The van der Waals surface area contributed by atoms with Crippen LogP contribution in [0, 0.1) is 0 Å². The van der Waals surface area contributed by atoms with Gasteiger partial charge in [-0.1, -0.05) is 72.5 Å². The number of anilines is 1. The van der Waals surface area contributed by atoms with Gasteiger partial charge in [0.2, 0.25) is 0 Å². The van der Waals surface area contributed by atoms with Gasteiger partial charge in [-0.05, 0) is 11.6 Å². The zero-order valence-corrected chi connectivity index (χ0v) is 18.0. The second-order valence-corrected chi connectivity index (χ2v) is 9.93. The highest BCUT2D eigenvalue weighted by atomic mass is 32.2. The van der Waals surface area contributed by atoms with E-state index < -0.39 is 21.8 Å². The molecule has 7 nitrogen and oxygen atoms in total. The summed E-state index contributed by atoms with van der Waals surface area (Å²) in [5, 5.41) is 0. The molecule has 2 heterocycles. The molecule has 0 aromatic heterocycles. The van der Waals surface area contributed by atoms with Crippen molar-refractivity contribution >= 4 is 61.5 Å². The minimum atomic E-state index is -4.25. The summed E-state index contributed by atoms with van der Waals surface area (Å²) >= 11 is 6.19. The molecule has 2 aliphatic heterocycles. The number of benzene rings is 2. The SMILES string of the molecule is O=C1/C(=C2\C(=O)N(Cc3ccccc3)c3ccccc32)SC(=S)N1CCS(=O)(=O)O. The minimum Gasteiger partial charge on any atom is -0.303 e. The van der Waals surface area contributed by atoms with Gasteiger partial charge in [-0.3, -0.25) is 19.0 Å². The summed E-state index contributed by atoms with van der Waals surface area (Å²) in [5.41, 5.74) is 2.54. The van der Waals surface area contributed by atoms with Crippen LogP contribution in [0.15, 0.2) is 59.5 Å². The molecular weight excluding hydrogens is 444 g/mol. The largest absolute Gasteiger partial charge is 0.303 e.